The second kappa shape index (κ2) is 5.35. The van der Waals surface area contributed by atoms with Gasteiger partial charge >= 0.3 is 6.18 Å². The second-order valence-corrected chi connectivity index (χ2v) is 6.09. The number of hydrogen-bond donors (Lipinski definition) is 1. The first kappa shape index (κ1) is 14.4. The third-order valence-corrected chi connectivity index (χ3v) is 4.77. The molecule has 2 aromatic rings. The van der Waals surface area contributed by atoms with Crippen molar-refractivity contribution in [3.05, 3.63) is 51.2 Å². The molecule has 0 radical (unpaired) electrons. The van der Waals surface area contributed by atoms with E-state index in [-0.39, 0.29) is 12.2 Å². The normalized spacial score (nSPS) is 15.1. The molecule has 0 atom stereocenters. The predicted octanol–water partition coefficient (Wildman–Crippen LogP) is 3.79. The summed E-state index contributed by atoms with van der Waals surface area (Å²) in [6.45, 7) is 1.25. The lowest BCUT2D eigenvalue weighted by Crippen LogP contribution is -2.31. The summed E-state index contributed by atoms with van der Waals surface area (Å²) in [5.74, 6) is 0. The summed E-state index contributed by atoms with van der Waals surface area (Å²) in [6.07, 6.45) is -3.57. The van der Waals surface area contributed by atoms with E-state index in [0.29, 0.717) is 18.7 Å². The van der Waals surface area contributed by atoms with Gasteiger partial charge in [-0.3, -0.25) is 0 Å². The maximum absolute atomic E-state index is 13.3. The average molecular weight is 312 g/mol. The zero-order valence-corrected chi connectivity index (χ0v) is 12.1. The number of benzene rings is 1. The fourth-order valence-electron chi connectivity index (χ4n) is 2.67. The Morgan fingerprint density at radius 1 is 1.24 bits per heavy atom. The number of rotatable bonds is 2. The van der Waals surface area contributed by atoms with Crippen LogP contribution in [0.2, 0.25) is 0 Å². The van der Waals surface area contributed by atoms with Crippen molar-refractivity contribution in [2.75, 3.05) is 11.4 Å². The zero-order valence-electron chi connectivity index (χ0n) is 11.3. The molecule has 21 heavy (non-hydrogen) atoms. The molecule has 0 fully saturated rings. The highest BCUT2D eigenvalue weighted by Crippen LogP contribution is 2.39. The fourth-order valence-corrected chi connectivity index (χ4v) is 3.56. The van der Waals surface area contributed by atoms with Crippen molar-refractivity contribution in [3.8, 4) is 0 Å². The number of alkyl halides is 3. The smallest absolute Gasteiger partial charge is 0.366 e. The van der Waals surface area contributed by atoms with Gasteiger partial charge in [-0.2, -0.15) is 13.2 Å². The van der Waals surface area contributed by atoms with Crippen LogP contribution in [0.25, 0.3) is 0 Å². The molecule has 1 aromatic heterocycles. The first-order valence-corrected chi connectivity index (χ1v) is 7.57. The molecular formula is C15H15F3N2S. The van der Waals surface area contributed by atoms with Crippen LogP contribution in [-0.2, 0) is 25.7 Å². The fraction of sp³-hybridized carbons (Fsp3) is 0.333. The van der Waals surface area contributed by atoms with Crippen molar-refractivity contribution in [3.63, 3.8) is 0 Å². The minimum atomic E-state index is -4.37. The van der Waals surface area contributed by atoms with Gasteiger partial charge in [-0.25, -0.2) is 0 Å². The molecule has 2 N–H and O–H groups in total. The van der Waals surface area contributed by atoms with E-state index in [2.05, 4.69) is 0 Å². The minimum absolute atomic E-state index is 0.109. The van der Waals surface area contributed by atoms with Crippen molar-refractivity contribution in [1.82, 2.24) is 0 Å². The highest BCUT2D eigenvalue weighted by Gasteiger charge is 2.35. The number of hydrogen-bond acceptors (Lipinski definition) is 3. The molecule has 1 aliphatic heterocycles. The molecule has 0 saturated carbocycles. The summed E-state index contributed by atoms with van der Waals surface area (Å²) >= 11 is 1.67. The first-order valence-electron chi connectivity index (χ1n) is 6.69. The summed E-state index contributed by atoms with van der Waals surface area (Å²) in [5, 5.41) is 2.00. The second-order valence-electron chi connectivity index (χ2n) is 5.09. The van der Waals surface area contributed by atoms with Gasteiger partial charge in [0, 0.05) is 30.2 Å². The Hall–Kier alpha value is -1.53. The van der Waals surface area contributed by atoms with Crippen LogP contribution >= 0.6 is 11.3 Å². The van der Waals surface area contributed by atoms with Crippen LogP contribution in [0.4, 0.5) is 18.9 Å². The van der Waals surface area contributed by atoms with Crippen LogP contribution in [-0.4, -0.2) is 6.54 Å². The van der Waals surface area contributed by atoms with Gasteiger partial charge in [0.05, 0.1) is 5.56 Å². The lowest BCUT2D eigenvalue weighted by Gasteiger charge is -2.31. The van der Waals surface area contributed by atoms with Crippen molar-refractivity contribution in [1.29, 1.82) is 0 Å². The SMILES string of the molecule is NCc1ccc(N2CCc3sccc3C2)c(C(F)(F)F)c1. The molecule has 0 saturated heterocycles. The molecule has 0 bridgehead atoms. The monoisotopic (exact) mass is 312 g/mol. The largest absolute Gasteiger partial charge is 0.418 e. The lowest BCUT2D eigenvalue weighted by atomic mass is 10.0. The number of fused-ring (bicyclic) bond motifs is 1. The molecule has 2 heterocycles. The van der Waals surface area contributed by atoms with E-state index in [9.17, 15) is 13.2 Å². The summed E-state index contributed by atoms with van der Waals surface area (Å²) in [5.41, 5.74) is 6.74. The number of thiophene rings is 1. The van der Waals surface area contributed by atoms with E-state index in [1.165, 1.54) is 10.9 Å². The summed E-state index contributed by atoms with van der Waals surface area (Å²) in [7, 11) is 0. The van der Waals surface area contributed by atoms with Crippen LogP contribution in [0.5, 0.6) is 0 Å². The van der Waals surface area contributed by atoms with Gasteiger partial charge in [-0.1, -0.05) is 6.07 Å². The summed E-state index contributed by atoms with van der Waals surface area (Å²) < 4.78 is 39.9. The highest BCUT2D eigenvalue weighted by atomic mass is 32.1. The minimum Gasteiger partial charge on any atom is -0.366 e. The standard InChI is InChI=1S/C15H15F3N2S/c16-15(17,18)12-7-10(8-19)1-2-13(12)20-5-3-14-11(9-20)4-6-21-14/h1-2,4,6-7H,3,5,8-9,19H2. The van der Waals surface area contributed by atoms with Crippen LogP contribution in [0.15, 0.2) is 29.6 Å². The van der Waals surface area contributed by atoms with Crippen molar-refractivity contribution < 1.29 is 13.2 Å². The van der Waals surface area contributed by atoms with Crippen LogP contribution in [0, 0.1) is 0 Å². The van der Waals surface area contributed by atoms with E-state index < -0.39 is 11.7 Å². The summed E-state index contributed by atoms with van der Waals surface area (Å²) in [4.78, 5) is 3.08. The lowest BCUT2D eigenvalue weighted by molar-refractivity contribution is -0.137. The molecular weight excluding hydrogens is 297 g/mol. The molecule has 0 unspecified atom stereocenters. The van der Waals surface area contributed by atoms with E-state index in [1.807, 2.05) is 11.4 Å². The van der Waals surface area contributed by atoms with Crippen LogP contribution < -0.4 is 10.6 Å². The van der Waals surface area contributed by atoms with Gasteiger partial charge in [-0.15, -0.1) is 11.3 Å². The molecule has 112 valence electrons. The predicted molar refractivity (Wildman–Crippen MR) is 78.4 cm³/mol. The first-order chi connectivity index (χ1) is 9.99. The van der Waals surface area contributed by atoms with Gasteiger partial charge in [0.1, 0.15) is 0 Å². The number of anilines is 1. The molecule has 0 spiro atoms. The number of halogens is 3. The Balaban J connectivity index is 1.99. The van der Waals surface area contributed by atoms with Crippen molar-refractivity contribution in [2.45, 2.75) is 25.7 Å². The van der Waals surface area contributed by atoms with E-state index in [4.69, 9.17) is 5.73 Å². The molecule has 2 nitrogen and oxygen atoms in total. The van der Waals surface area contributed by atoms with Gasteiger partial charge < -0.3 is 10.6 Å². The molecule has 0 aliphatic carbocycles. The average Bonchev–Trinajstić information content (AvgIpc) is 2.93. The van der Waals surface area contributed by atoms with Crippen molar-refractivity contribution >= 4 is 17.0 Å². The Kier molecular flexibility index (Phi) is 3.67. The molecule has 3 rings (SSSR count). The van der Waals surface area contributed by atoms with Gasteiger partial charge in [0.15, 0.2) is 0 Å². The Labute approximate surface area is 125 Å². The molecule has 1 aliphatic rings. The maximum atomic E-state index is 13.3. The Morgan fingerprint density at radius 2 is 2.05 bits per heavy atom. The van der Waals surface area contributed by atoms with E-state index >= 15 is 0 Å². The topological polar surface area (TPSA) is 29.3 Å². The van der Waals surface area contributed by atoms with Crippen LogP contribution in [0.3, 0.4) is 0 Å². The van der Waals surface area contributed by atoms with Gasteiger partial charge in [-0.05, 0) is 41.1 Å². The Bertz CT molecular complexity index is 649. The third-order valence-electron chi connectivity index (χ3n) is 3.75. The van der Waals surface area contributed by atoms with Crippen molar-refractivity contribution in [2.24, 2.45) is 5.73 Å². The zero-order chi connectivity index (χ0) is 15.0. The third kappa shape index (κ3) is 2.78. The maximum Gasteiger partial charge on any atom is 0.418 e. The number of nitrogens with two attached hydrogens (primary N) is 1. The summed E-state index contributed by atoms with van der Waals surface area (Å²) in [6, 6.07) is 6.38. The molecule has 6 heteroatoms. The van der Waals surface area contributed by atoms with Gasteiger partial charge in [0.2, 0.25) is 0 Å². The van der Waals surface area contributed by atoms with Crippen LogP contribution in [0.1, 0.15) is 21.6 Å². The molecule has 1 aromatic carbocycles. The quantitative estimate of drug-likeness (QED) is 0.914. The highest BCUT2D eigenvalue weighted by molar-refractivity contribution is 7.10. The van der Waals surface area contributed by atoms with E-state index in [1.54, 1.807) is 28.4 Å². The van der Waals surface area contributed by atoms with Gasteiger partial charge in [0.25, 0.3) is 0 Å². The Morgan fingerprint density at radius 3 is 2.76 bits per heavy atom. The number of nitrogens with zero attached hydrogens (tertiary/aromatic N) is 1. The van der Waals surface area contributed by atoms with E-state index in [0.717, 1.165) is 12.0 Å². The molecule has 0 amide bonds.